The summed E-state index contributed by atoms with van der Waals surface area (Å²) < 4.78 is 51.0. The van der Waals surface area contributed by atoms with Crippen LogP contribution < -0.4 is 10.6 Å². The summed E-state index contributed by atoms with van der Waals surface area (Å²) in [6.07, 6.45) is -1.32. The van der Waals surface area contributed by atoms with E-state index in [0.29, 0.717) is 38.2 Å². The summed E-state index contributed by atoms with van der Waals surface area (Å²) in [6, 6.07) is 0. The summed E-state index contributed by atoms with van der Waals surface area (Å²) in [5.74, 6) is 0.956. The van der Waals surface area contributed by atoms with Gasteiger partial charge in [-0.15, -0.1) is 24.0 Å². The number of aromatic nitrogens is 2. The van der Waals surface area contributed by atoms with Crippen LogP contribution in [0, 0.1) is 5.92 Å². The van der Waals surface area contributed by atoms with Crippen molar-refractivity contribution in [2.45, 2.75) is 32.5 Å². The maximum absolute atomic E-state index is 13.0. The van der Waals surface area contributed by atoms with Gasteiger partial charge in [-0.05, 0) is 19.8 Å². The van der Waals surface area contributed by atoms with Gasteiger partial charge in [0.15, 0.2) is 11.7 Å². The van der Waals surface area contributed by atoms with Gasteiger partial charge < -0.3 is 20.1 Å². The van der Waals surface area contributed by atoms with Crippen LogP contribution in [0.4, 0.5) is 13.2 Å². The lowest BCUT2D eigenvalue weighted by molar-refractivity contribution is -0.142. The molecule has 28 heavy (non-hydrogen) atoms. The molecule has 1 fully saturated rings. The lowest BCUT2D eigenvalue weighted by Gasteiger charge is -2.12. The second-order valence-electron chi connectivity index (χ2n) is 6.45. The largest absolute Gasteiger partial charge is 0.435 e. The van der Waals surface area contributed by atoms with Crippen LogP contribution in [0.25, 0.3) is 0 Å². The van der Waals surface area contributed by atoms with Gasteiger partial charge in [-0.3, -0.25) is 4.68 Å². The Morgan fingerprint density at radius 3 is 2.86 bits per heavy atom. The van der Waals surface area contributed by atoms with Crippen LogP contribution in [0.2, 0.25) is 0 Å². The van der Waals surface area contributed by atoms with Crippen LogP contribution in [0.15, 0.2) is 11.2 Å². The number of ether oxygens (including phenoxy) is 2. The lowest BCUT2D eigenvalue weighted by Crippen LogP contribution is -2.38. The number of nitrogens with one attached hydrogen (secondary N) is 2. The van der Waals surface area contributed by atoms with Crippen LogP contribution in [0.3, 0.4) is 0 Å². The number of rotatable bonds is 9. The van der Waals surface area contributed by atoms with Crippen LogP contribution in [-0.2, 0) is 29.2 Å². The molecule has 1 atom stereocenters. The van der Waals surface area contributed by atoms with Crippen LogP contribution in [0.5, 0.6) is 0 Å². The predicted molar refractivity (Wildman–Crippen MR) is 111 cm³/mol. The van der Waals surface area contributed by atoms with Gasteiger partial charge in [0.2, 0.25) is 0 Å². The van der Waals surface area contributed by atoms with Gasteiger partial charge in [0.25, 0.3) is 0 Å². The summed E-state index contributed by atoms with van der Waals surface area (Å²) in [6.45, 7) is 5.93. The van der Waals surface area contributed by atoms with Crippen molar-refractivity contribution in [1.29, 1.82) is 0 Å². The third-order valence-electron chi connectivity index (χ3n) is 4.06. The molecule has 0 amide bonds. The molecule has 162 valence electrons. The lowest BCUT2D eigenvalue weighted by atomic mass is 10.1. The topological polar surface area (TPSA) is 72.7 Å². The second-order valence-corrected chi connectivity index (χ2v) is 6.45. The molecule has 0 radical (unpaired) electrons. The number of aryl methyl sites for hydroxylation is 1. The summed E-state index contributed by atoms with van der Waals surface area (Å²) in [5.41, 5.74) is -0.849. The fourth-order valence-corrected chi connectivity index (χ4v) is 2.74. The number of nitrogens with zero attached hydrogens (tertiary/aromatic N) is 3. The summed E-state index contributed by atoms with van der Waals surface area (Å²) in [4.78, 5) is 4.24. The molecule has 1 aliphatic heterocycles. The Kier molecular flexibility index (Phi) is 11.1. The minimum atomic E-state index is -4.49. The van der Waals surface area contributed by atoms with E-state index < -0.39 is 11.9 Å². The molecule has 2 heterocycles. The second kappa shape index (κ2) is 12.5. The first-order valence-electron chi connectivity index (χ1n) is 9.17. The van der Waals surface area contributed by atoms with Crippen molar-refractivity contribution in [1.82, 2.24) is 20.4 Å². The van der Waals surface area contributed by atoms with Crippen LogP contribution in [-0.4, -0.2) is 55.3 Å². The molecule has 1 aromatic heterocycles. The van der Waals surface area contributed by atoms with E-state index in [9.17, 15) is 13.2 Å². The first kappa shape index (κ1) is 25.0. The molecule has 0 aromatic carbocycles. The summed E-state index contributed by atoms with van der Waals surface area (Å²) in [5, 5.41) is 9.63. The monoisotopic (exact) mass is 519 g/mol. The Labute approximate surface area is 180 Å². The van der Waals surface area contributed by atoms with E-state index in [-0.39, 0.29) is 36.1 Å². The van der Waals surface area contributed by atoms with Crippen molar-refractivity contribution < 1.29 is 22.6 Å². The Morgan fingerprint density at radius 2 is 2.21 bits per heavy atom. The molecular formula is C17H29F3IN5O2. The Morgan fingerprint density at radius 1 is 1.43 bits per heavy atom. The van der Waals surface area contributed by atoms with E-state index in [4.69, 9.17) is 9.47 Å². The Hall–Kier alpha value is -1.08. The third-order valence-corrected chi connectivity index (χ3v) is 4.06. The number of halogens is 4. The smallest absolute Gasteiger partial charge is 0.381 e. The average Bonchev–Trinajstić information content (AvgIpc) is 3.24. The SMILES string of the molecule is CCNC(=NCc1cn(C)nc1C(F)(F)F)NCCCOCC1CCOC1.I. The molecule has 7 nitrogen and oxygen atoms in total. The van der Waals surface area contributed by atoms with E-state index in [2.05, 4.69) is 20.7 Å². The fourth-order valence-electron chi connectivity index (χ4n) is 2.74. The summed E-state index contributed by atoms with van der Waals surface area (Å²) in [7, 11) is 1.46. The van der Waals surface area contributed by atoms with E-state index in [1.165, 1.54) is 13.2 Å². The quantitative estimate of drug-likeness (QED) is 0.227. The number of hydrogen-bond acceptors (Lipinski definition) is 4. The highest BCUT2D eigenvalue weighted by atomic mass is 127. The molecule has 11 heteroatoms. The zero-order chi connectivity index (χ0) is 19.7. The zero-order valence-electron chi connectivity index (χ0n) is 16.2. The van der Waals surface area contributed by atoms with Crippen LogP contribution >= 0.6 is 24.0 Å². The maximum Gasteiger partial charge on any atom is 0.435 e. The third kappa shape index (κ3) is 8.52. The molecule has 0 aliphatic carbocycles. The van der Waals surface area contributed by atoms with Gasteiger partial charge in [0, 0.05) is 51.0 Å². The fraction of sp³-hybridized carbons (Fsp3) is 0.765. The highest BCUT2D eigenvalue weighted by Gasteiger charge is 2.36. The van der Waals surface area contributed by atoms with Crippen molar-refractivity contribution in [3.05, 3.63) is 17.5 Å². The molecule has 1 unspecified atom stereocenters. The van der Waals surface area contributed by atoms with Gasteiger partial charge >= 0.3 is 6.18 Å². The first-order valence-corrected chi connectivity index (χ1v) is 9.17. The number of hydrogen-bond donors (Lipinski definition) is 2. The van der Waals surface area contributed by atoms with Crippen LogP contribution in [0.1, 0.15) is 31.0 Å². The molecule has 1 saturated heterocycles. The van der Waals surface area contributed by atoms with E-state index >= 15 is 0 Å². The minimum absolute atomic E-state index is 0. The van der Waals surface area contributed by atoms with E-state index in [1.807, 2.05) is 6.92 Å². The zero-order valence-corrected chi connectivity index (χ0v) is 18.5. The molecule has 0 spiro atoms. The number of aliphatic imine (C=N–C) groups is 1. The van der Waals surface area contributed by atoms with E-state index in [0.717, 1.165) is 30.7 Å². The maximum atomic E-state index is 13.0. The van der Waals surface area contributed by atoms with Gasteiger partial charge in [-0.2, -0.15) is 18.3 Å². The molecule has 0 bridgehead atoms. The number of alkyl halides is 3. The van der Waals surface area contributed by atoms with Gasteiger partial charge in [-0.25, -0.2) is 4.99 Å². The molecule has 0 saturated carbocycles. The van der Waals surface area contributed by atoms with Crippen molar-refractivity contribution in [3.63, 3.8) is 0 Å². The molecule has 2 rings (SSSR count). The van der Waals surface area contributed by atoms with E-state index in [1.54, 1.807) is 0 Å². The van der Waals surface area contributed by atoms with Crippen molar-refractivity contribution in [2.24, 2.45) is 18.0 Å². The Bertz CT molecular complexity index is 604. The minimum Gasteiger partial charge on any atom is -0.381 e. The average molecular weight is 519 g/mol. The van der Waals surface area contributed by atoms with Gasteiger partial charge in [0.05, 0.1) is 19.8 Å². The molecule has 1 aliphatic rings. The Balaban J connectivity index is 0.00000392. The summed E-state index contributed by atoms with van der Waals surface area (Å²) >= 11 is 0. The molecule has 2 N–H and O–H groups in total. The first-order chi connectivity index (χ1) is 12.9. The highest BCUT2D eigenvalue weighted by Crippen LogP contribution is 2.30. The normalized spacial score (nSPS) is 17.5. The number of guanidine groups is 1. The molecular weight excluding hydrogens is 490 g/mol. The van der Waals surface area contributed by atoms with Gasteiger partial charge in [0.1, 0.15) is 0 Å². The van der Waals surface area contributed by atoms with Crippen molar-refractivity contribution >= 4 is 29.9 Å². The highest BCUT2D eigenvalue weighted by molar-refractivity contribution is 14.0. The standard InChI is InChI=1S/C17H28F3N5O2.HI/c1-3-21-16(22-6-4-7-26-11-13-5-8-27-12-13)23-9-14-10-25(2)24-15(14)17(18,19)20;/h10,13H,3-9,11-12H2,1-2H3,(H2,21,22,23);1H. The van der Waals surface area contributed by atoms with Crippen molar-refractivity contribution in [3.8, 4) is 0 Å². The molecule has 1 aromatic rings. The predicted octanol–water partition coefficient (Wildman–Crippen LogP) is 2.56. The van der Waals surface area contributed by atoms with Crippen molar-refractivity contribution in [2.75, 3.05) is 39.5 Å². The van der Waals surface area contributed by atoms with Gasteiger partial charge in [-0.1, -0.05) is 0 Å².